The van der Waals surface area contributed by atoms with E-state index >= 15 is 0 Å². The first-order valence-corrected chi connectivity index (χ1v) is 7.41. The van der Waals surface area contributed by atoms with Gasteiger partial charge in [-0.05, 0) is 45.2 Å². The molecule has 0 amide bonds. The molecule has 1 rings (SSSR count). The standard InChI is InChI=1S/C15H29NO/c1-5-10-13(4)14(17)15(6-2,7-3)16-11-8-9-12-16/h13H,5-12H2,1-4H3. The van der Waals surface area contributed by atoms with Crippen molar-refractivity contribution in [2.24, 2.45) is 5.92 Å². The predicted molar refractivity (Wildman–Crippen MR) is 73.2 cm³/mol. The third-order valence-corrected chi connectivity index (χ3v) is 4.51. The minimum absolute atomic E-state index is 0.162. The van der Waals surface area contributed by atoms with Crippen LogP contribution in [0.3, 0.4) is 0 Å². The Balaban J connectivity index is 2.85. The van der Waals surface area contributed by atoms with Crippen molar-refractivity contribution in [2.45, 2.75) is 71.8 Å². The van der Waals surface area contributed by atoms with E-state index in [9.17, 15) is 4.79 Å². The second kappa shape index (κ2) is 6.53. The zero-order valence-electron chi connectivity index (χ0n) is 12.1. The number of carbonyl (C=O) groups is 1. The average Bonchev–Trinajstić information content (AvgIpc) is 2.86. The topological polar surface area (TPSA) is 20.3 Å². The molecule has 0 saturated carbocycles. The summed E-state index contributed by atoms with van der Waals surface area (Å²) in [7, 11) is 0. The number of Topliss-reactive ketones (excluding diaryl/α,β-unsaturated/α-hetero) is 1. The predicted octanol–water partition coefficient (Wildman–Crippen LogP) is 3.65. The summed E-state index contributed by atoms with van der Waals surface area (Å²) in [6, 6.07) is 0. The van der Waals surface area contributed by atoms with Crippen molar-refractivity contribution >= 4 is 5.78 Å². The second-order valence-corrected chi connectivity index (χ2v) is 5.49. The Kier molecular flexibility index (Phi) is 5.64. The van der Waals surface area contributed by atoms with Crippen LogP contribution in [0.2, 0.25) is 0 Å². The molecule has 100 valence electrons. The summed E-state index contributed by atoms with van der Waals surface area (Å²) in [5.41, 5.74) is -0.162. The van der Waals surface area contributed by atoms with Gasteiger partial charge in [0.15, 0.2) is 5.78 Å². The van der Waals surface area contributed by atoms with Gasteiger partial charge in [-0.1, -0.05) is 34.1 Å². The number of nitrogens with zero attached hydrogens (tertiary/aromatic N) is 1. The average molecular weight is 239 g/mol. The van der Waals surface area contributed by atoms with Crippen LogP contribution in [-0.4, -0.2) is 29.3 Å². The summed E-state index contributed by atoms with van der Waals surface area (Å²) in [6.07, 6.45) is 6.60. The third-order valence-electron chi connectivity index (χ3n) is 4.51. The molecule has 1 unspecified atom stereocenters. The number of rotatable bonds is 7. The van der Waals surface area contributed by atoms with Crippen LogP contribution in [0.5, 0.6) is 0 Å². The molecular formula is C15H29NO. The van der Waals surface area contributed by atoms with Crippen molar-refractivity contribution in [1.82, 2.24) is 4.90 Å². The van der Waals surface area contributed by atoms with Crippen molar-refractivity contribution in [1.29, 1.82) is 0 Å². The van der Waals surface area contributed by atoms with Gasteiger partial charge in [0.25, 0.3) is 0 Å². The Morgan fingerprint density at radius 2 is 1.71 bits per heavy atom. The molecular weight excluding hydrogens is 210 g/mol. The molecule has 1 atom stereocenters. The van der Waals surface area contributed by atoms with E-state index in [1.54, 1.807) is 0 Å². The lowest BCUT2D eigenvalue weighted by Gasteiger charge is -2.41. The van der Waals surface area contributed by atoms with Crippen molar-refractivity contribution in [3.8, 4) is 0 Å². The Bertz CT molecular complexity index is 239. The number of hydrogen-bond acceptors (Lipinski definition) is 2. The Labute approximate surface area is 107 Å². The van der Waals surface area contributed by atoms with E-state index in [-0.39, 0.29) is 11.5 Å². The highest BCUT2D eigenvalue weighted by Gasteiger charge is 2.42. The molecule has 1 fully saturated rings. The Morgan fingerprint density at radius 1 is 1.18 bits per heavy atom. The normalized spacial score (nSPS) is 19.5. The van der Waals surface area contributed by atoms with Gasteiger partial charge in [-0.3, -0.25) is 9.69 Å². The van der Waals surface area contributed by atoms with Crippen LogP contribution in [-0.2, 0) is 4.79 Å². The SMILES string of the molecule is CCCC(C)C(=O)C(CC)(CC)N1CCCC1. The van der Waals surface area contributed by atoms with Crippen molar-refractivity contribution in [2.75, 3.05) is 13.1 Å². The van der Waals surface area contributed by atoms with Gasteiger partial charge in [0, 0.05) is 5.92 Å². The van der Waals surface area contributed by atoms with E-state index in [1.165, 1.54) is 12.8 Å². The van der Waals surface area contributed by atoms with Crippen LogP contribution in [0, 0.1) is 5.92 Å². The number of hydrogen-bond donors (Lipinski definition) is 0. The lowest BCUT2D eigenvalue weighted by Crippen LogP contribution is -2.54. The van der Waals surface area contributed by atoms with Crippen LogP contribution < -0.4 is 0 Å². The van der Waals surface area contributed by atoms with E-state index in [1.807, 2.05) is 0 Å². The van der Waals surface area contributed by atoms with Crippen LogP contribution in [0.25, 0.3) is 0 Å². The van der Waals surface area contributed by atoms with Crippen LogP contribution in [0.15, 0.2) is 0 Å². The Morgan fingerprint density at radius 3 is 2.12 bits per heavy atom. The fourth-order valence-electron chi connectivity index (χ4n) is 3.37. The fourth-order valence-corrected chi connectivity index (χ4v) is 3.37. The summed E-state index contributed by atoms with van der Waals surface area (Å²) >= 11 is 0. The van der Waals surface area contributed by atoms with Crippen molar-refractivity contribution in [3.63, 3.8) is 0 Å². The minimum atomic E-state index is -0.162. The van der Waals surface area contributed by atoms with Crippen LogP contribution >= 0.6 is 0 Å². The van der Waals surface area contributed by atoms with Crippen LogP contribution in [0.4, 0.5) is 0 Å². The molecule has 2 nitrogen and oxygen atoms in total. The summed E-state index contributed by atoms with van der Waals surface area (Å²) in [4.78, 5) is 15.2. The van der Waals surface area contributed by atoms with Crippen molar-refractivity contribution in [3.05, 3.63) is 0 Å². The highest BCUT2D eigenvalue weighted by molar-refractivity contribution is 5.90. The molecule has 1 heterocycles. The highest BCUT2D eigenvalue weighted by atomic mass is 16.1. The molecule has 0 aromatic carbocycles. The van der Waals surface area contributed by atoms with Crippen LogP contribution in [0.1, 0.15) is 66.2 Å². The summed E-state index contributed by atoms with van der Waals surface area (Å²) in [5, 5.41) is 0. The first kappa shape index (κ1) is 14.7. The second-order valence-electron chi connectivity index (χ2n) is 5.49. The molecule has 1 aliphatic rings. The van der Waals surface area contributed by atoms with Gasteiger partial charge in [-0.2, -0.15) is 0 Å². The summed E-state index contributed by atoms with van der Waals surface area (Å²) in [5.74, 6) is 0.715. The van der Waals surface area contributed by atoms with Gasteiger partial charge in [0.1, 0.15) is 0 Å². The highest BCUT2D eigenvalue weighted by Crippen LogP contribution is 2.32. The van der Waals surface area contributed by atoms with E-state index in [2.05, 4.69) is 32.6 Å². The third kappa shape index (κ3) is 2.90. The van der Waals surface area contributed by atoms with Gasteiger partial charge in [-0.25, -0.2) is 0 Å². The maximum atomic E-state index is 12.8. The monoisotopic (exact) mass is 239 g/mol. The minimum Gasteiger partial charge on any atom is -0.297 e. The van der Waals surface area contributed by atoms with E-state index in [0.717, 1.165) is 38.8 Å². The summed E-state index contributed by atoms with van der Waals surface area (Å²) in [6.45, 7) is 10.9. The molecule has 17 heavy (non-hydrogen) atoms. The molecule has 0 aliphatic carbocycles. The molecule has 2 heteroatoms. The van der Waals surface area contributed by atoms with Crippen molar-refractivity contribution < 1.29 is 4.79 Å². The molecule has 1 saturated heterocycles. The lowest BCUT2D eigenvalue weighted by atomic mass is 9.79. The fraction of sp³-hybridized carbons (Fsp3) is 0.933. The van der Waals surface area contributed by atoms with Gasteiger partial charge >= 0.3 is 0 Å². The molecule has 0 spiro atoms. The maximum Gasteiger partial charge on any atom is 0.155 e. The Hall–Kier alpha value is -0.370. The molecule has 0 N–H and O–H groups in total. The smallest absolute Gasteiger partial charge is 0.155 e. The first-order valence-electron chi connectivity index (χ1n) is 7.41. The maximum absolute atomic E-state index is 12.8. The largest absolute Gasteiger partial charge is 0.297 e. The number of carbonyl (C=O) groups excluding carboxylic acids is 1. The number of ketones is 1. The van der Waals surface area contributed by atoms with Gasteiger partial charge in [-0.15, -0.1) is 0 Å². The zero-order valence-corrected chi connectivity index (χ0v) is 12.1. The first-order chi connectivity index (χ1) is 8.12. The molecule has 1 aliphatic heterocycles. The molecule has 0 aromatic heterocycles. The number of likely N-dealkylation sites (tertiary alicyclic amines) is 1. The molecule has 0 radical (unpaired) electrons. The van der Waals surface area contributed by atoms with Gasteiger partial charge < -0.3 is 0 Å². The summed E-state index contributed by atoms with van der Waals surface area (Å²) < 4.78 is 0. The molecule has 0 aromatic rings. The zero-order chi connectivity index (χ0) is 12.9. The van der Waals surface area contributed by atoms with Gasteiger partial charge in [0.2, 0.25) is 0 Å². The molecule has 0 bridgehead atoms. The van der Waals surface area contributed by atoms with E-state index < -0.39 is 0 Å². The van der Waals surface area contributed by atoms with E-state index in [4.69, 9.17) is 0 Å². The van der Waals surface area contributed by atoms with E-state index in [0.29, 0.717) is 5.78 Å². The quantitative estimate of drug-likeness (QED) is 0.676. The lowest BCUT2D eigenvalue weighted by molar-refractivity contribution is -0.135. The van der Waals surface area contributed by atoms with Gasteiger partial charge in [0.05, 0.1) is 5.54 Å².